The van der Waals surface area contributed by atoms with Gasteiger partial charge in [0.05, 0.1) is 18.2 Å². The van der Waals surface area contributed by atoms with Crippen LogP contribution in [0.15, 0.2) is 18.2 Å². The van der Waals surface area contributed by atoms with Crippen LogP contribution in [0, 0.1) is 12.8 Å². The van der Waals surface area contributed by atoms with Crippen molar-refractivity contribution in [2.75, 3.05) is 32.2 Å². The maximum Gasteiger partial charge on any atom is 0.228 e. The first kappa shape index (κ1) is 17.5. The van der Waals surface area contributed by atoms with E-state index in [1.54, 1.807) is 7.11 Å². The van der Waals surface area contributed by atoms with Crippen molar-refractivity contribution in [2.24, 2.45) is 11.7 Å². The van der Waals surface area contributed by atoms with E-state index in [1.165, 1.54) is 0 Å². The fraction of sp³-hybridized carbons (Fsp3) is 0.562. The lowest BCUT2D eigenvalue weighted by molar-refractivity contribution is -0.119. The second-order valence-corrected chi connectivity index (χ2v) is 5.05. The van der Waals surface area contributed by atoms with E-state index >= 15 is 0 Å². The van der Waals surface area contributed by atoms with E-state index in [2.05, 4.69) is 5.32 Å². The third-order valence-electron chi connectivity index (χ3n) is 3.23. The van der Waals surface area contributed by atoms with Gasteiger partial charge in [0.2, 0.25) is 5.91 Å². The number of hydrogen-bond donors (Lipinski definition) is 2. The highest BCUT2D eigenvalue weighted by atomic mass is 16.5. The predicted molar refractivity (Wildman–Crippen MR) is 84.6 cm³/mol. The van der Waals surface area contributed by atoms with E-state index in [-0.39, 0.29) is 11.8 Å². The molecule has 118 valence electrons. The number of anilines is 1. The van der Waals surface area contributed by atoms with Crippen molar-refractivity contribution in [3.8, 4) is 5.75 Å². The fourth-order valence-corrected chi connectivity index (χ4v) is 2.03. The van der Waals surface area contributed by atoms with E-state index in [0.717, 1.165) is 18.4 Å². The third-order valence-corrected chi connectivity index (χ3v) is 3.23. The lowest BCUT2D eigenvalue weighted by Gasteiger charge is -2.17. The lowest BCUT2D eigenvalue weighted by Crippen LogP contribution is -2.29. The molecule has 0 aliphatic rings. The highest BCUT2D eigenvalue weighted by molar-refractivity contribution is 5.94. The van der Waals surface area contributed by atoms with Crippen LogP contribution < -0.4 is 15.8 Å². The third kappa shape index (κ3) is 5.73. The first-order valence-corrected chi connectivity index (χ1v) is 7.35. The maximum absolute atomic E-state index is 12.2. The molecule has 1 rings (SSSR count). The van der Waals surface area contributed by atoms with Gasteiger partial charge in [0.25, 0.3) is 0 Å². The van der Waals surface area contributed by atoms with E-state index in [0.29, 0.717) is 31.2 Å². The summed E-state index contributed by atoms with van der Waals surface area (Å²) in [4.78, 5) is 12.2. The van der Waals surface area contributed by atoms with Crippen LogP contribution in [0.1, 0.15) is 25.3 Å². The number of benzene rings is 1. The van der Waals surface area contributed by atoms with Crippen molar-refractivity contribution in [3.63, 3.8) is 0 Å². The first-order chi connectivity index (χ1) is 10.1. The second-order valence-electron chi connectivity index (χ2n) is 5.05. The molecule has 5 heteroatoms. The van der Waals surface area contributed by atoms with Crippen molar-refractivity contribution in [1.29, 1.82) is 0 Å². The van der Waals surface area contributed by atoms with Gasteiger partial charge in [-0.05, 0) is 31.0 Å². The summed E-state index contributed by atoms with van der Waals surface area (Å²) >= 11 is 0. The summed E-state index contributed by atoms with van der Waals surface area (Å²) in [5.74, 6) is 0.440. The van der Waals surface area contributed by atoms with Gasteiger partial charge in [-0.2, -0.15) is 0 Å². The number of ether oxygens (including phenoxy) is 2. The molecule has 5 nitrogen and oxygen atoms in total. The maximum atomic E-state index is 12.2. The molecule has 0 saturated carbocycles. The Balaban J connectivity index is 2.78. The molecule has 0 aromatic heterocycles. The second kappa shape index (κ2) is 9.37. The molecule has 0 fully saturated rings. The quantitative estimate of drug-likeness (QED) is 0.686. The summed E-state index contributed by atoms with van der Waals surface area (Å²) in [5.41, 5.74) is 7.42. The Morgan fingerprint density at radius 1 is 1.38 bits per heavy atom. The molecular weight excluding hydrogens is 268 g/mol. The molecule has 21 heavy (non-hydrogen) atoms. The van der Waals surface area contributed by atoms with Gasteiger partial charge >= 0.3 is 0 Å². The molecule has 1 unspecified atom stereocenters. The molecule has 0 saturated heterocycles. The molecule has 1 aromatic rings. The van der Waals surface area contributed by atoms with E-state index < -0.39 is 0 Å². The molecule has 1 amide bonds. The number of nitrogens with two attached hydrogens (primary N) is 1. The number of rotatable bonds is 9. The largest absolute Gasteiger partial charge is 0.489 e. The number of nitrogens with one attached hydrogen (secondary N) is 1. The highest BCUT2D eigenvalue weighted by Gasteiger charge is 2.17. The number of amides is 1. The van der Waals surface area contributed by atoms with E-state index in [1.807, 2.05) is 32.0 Å². The topological polar surface area (TPSA) is 73.6 Å². The molecule has 0 aliphatic heterocycles. The van der Waals surface area contributed by atoms with Gasteiger partial charge in [-0.3, -0.25) is 4.79 Å². The van der Waals surface area contributed by atoms with E-state index in [9.17, 15) is 4.79 Å². The van der Waals surface area contributed by atoms with Crippen molar-refractivity contribution in [3.05, 3.63) is 23.8 Å². The Kier molecular flexibility index (Phi) is 7.79. The van der Waals surface area contributed by atoms with E-state index in [4.69, 9.17) is 15.2 Å². The number of carbonyl (C=O) groups excluding carboxylic acids is 1. The van der Waals surface area contributed by atoms with Crippen LogP contribution in [0.4, 0.5) is 5.69 Å². The molecule has 0 radical (unpaired) electrons. The van der Waals surface area contributed by atoms with Gasteiger partial charge in [0.15, 0.2) is 0 Å². The van der Waals surface area contributed by atoms with Gasteiger partial charge in [0, 0.05) is 13.7 Å². The molecular formula is C16H26N2O3. The molecule has 0 heterocycles. The average molecular weight is 294 g/mol. The van der Waals surface area contributed by atoms with Gasteiger partial charge in [-0.1, -0.05) is 19.4 Å². The number of hydrogen-bond acceptors (Lipinski definition) is 4. The number of carbonyl (C=O) groups is 1. The van der Waals surface area contributed by atoms with Crippen LogP contribution in [0.5, 0.6) is 5.75 Å². The molecule has 1 atom stereocenters. The van der Waals surface area contributed by atoms with Gasteiger partial charge < -0.3 is 20.5 Å². The first-order valence-electron chi connectivity index (χ1n) is 7.35. The summed E-state index contributed by atoms with van der Waals surface area (Å²) in [6, 6.07) is 5.70. The minimum atomic E-state index is -0.164. The van der Waals surface area contributed by atoms with Crippen LogP contribution in [-0.4, -0.2) is 32.8 Å². The van der Waals surface area contributed by atoms with Crippen molar-refractivity contribution >= 4 is 11.6 Å². The van der Waals surface area contributed by atoms with Crippen LogP contribution in [0.2, 0.25) is 0 Å². The SMILES string of the molecule is CCCC(CN)C(=O)Nc1ccc(C)cc1OCCOC. The number of aryl methyl sites for hydroxylation is 1. The van der Waals surface area contributed by atoms with Crippen LogP contribution in [0.25, 0.3) is 0 Å². The zero-order valence-corrected chi connectivity index (χ0v) is 13.1. The minimum absolute atomic E-state index is 0.0557. The highest BCUT2D eigenvalue weighted by Crippen LogP contribution is 2.26. The zero-order valence-electron chi connectivity index (χ0n) is 13.1. The number of methoxy groups -OCH3 is 1. The zero-order chi connectivity index (χ0) is 15.7. The van der Waals surface area contributed by atoms with Crippen LogP contribution in [0.3, 0.4) is 0 Å². The molecule has 0 bridgehead atoms. The van der Waals surface area contributed by atoms with Gasteiger partial charge in [-0.15, -0.1) is 0 Å². The van der Waals surface area contributed by atoms with Crippen molar-refractivity contribution in [1.82, 2.24) is 0 Å². The Morgan fingerprint density at radius 2 is 2.14 bits per heavy atom. The lowest BCUT2D eigenvalue weighted by atomic mass is 10.0. The Bertz CT molecular complexity index is 449. The summed E-state index contributed by atoms with van der Waals surface area (Å²) in [6.07, 6.45) is 1.72. The summed E-state index contributed by atoms with van der Waals surface area (Å²) in [7, 11) is 1.62. The molecule has 3 N–H and O–H groups in total. The normalized spacial score (nSPS) is 12.0. The van der Waals surface area contributed by atoms with Gasteiger partial charge in [0.1, 0.15) is 12.4 Å². The minimum Gasteiger partial charge on any atom is -0.489 e. The standard InChI is InChI=1S/C16H26N2O3/c1-4-5-13(11-17)16(19)18-14-7-6-12(2)10-15(14)21-9-8-20-3/h6-7,10,13H,4-5,8-9,11,17H2,1-3H3,(H,18,19). The summed E-state index contributed by atoms with van der Waals surface area (Å²) in [6.45, 7) is 5.32. The van der Waals surface area contributed by atoms with Crippen LogP contribution in [-0.2, 0) is 9.53 Å². The van der Waals surface area contributed by atoms with Crippen LogP contribution >= 0.6 is 0 Å². The summed E-state index contributed by atoms with van der Waals surface area (Å²) < 4.78 is 10.6. The fourth-order valence-electron chi connectivity index (χ4n) is 2.03. The molecule has 0 spiro atoms. The molecule has 1 aromatic carbocycles. The Morgan fingerprint density at radius 3 is 2.76 bits per heavy atom. The monoisotopic (exact) mass is 294 g/mol. The van der Waals surface area contributed by atoms with Gasteiger partial charge in [-0.25, -0.2) is 0 Å². The van der Waals surface area contributed by atoms with Crippen molar-refractivity contribution in [2.45, 2.75) is 26.7 Å². The smallest absolute Gasteiger partial charge is 0.228 e. The average Bonchev–Trinajstić information content (AvgIpc) is 2.47. The van der Waals surface area contributed by atoms with Crippen molar-refractivity contribution < 1.29 is 14.3 Å². The Hall–Kier alpha value is -1.59. The predicted octanol–water partition coefficient (Wildman–Crippen LogP) is 2.33. The molecule has 0 aliphatic carbocycles. The summed E-state index contributed by atoms with van der Waals surface area (Å²) in [5, 5.41) is 2.92. The Labute approximate surface area is 126 Å².